The highest BCUT2D eigenvalue weighted by molar-refractivity contribution is 6.15. The van der Waals surface area contributed by atoms with Gasteiger partial charge in [0, 0.05) is 5.69 Å². The Morgan fingerprint density at radius 1 is 0.968 bits per heavy atom. The van der Waals surface area contributed by atoms with Crippen LogP contribution >= 0.6 is 0 Å². The summed E-state index contributed by atoms with van der Waals surface area (Å²) in [6.07, 6.45) is -4.64. The lowest BCUT2D eigenvalue weighted by Crippen LogP contribution is -2.34. The fraction of sp³-hybridized carbons (Fsp3) is 0.217. The SMILES string of the molecule is CCOc1ccc2ccccc2c1C(=O)Nc1ccc(CC(=O)NCC(F)(F)F)cc1. The molecule has 162 valence electrons. The molecule has 5 nitrogen and oxygen atoms in total. The van der Waals surface area contributed by atoms with Gasteiger partial charge >= 0.3 is 6.18 Å². The van der Waals surface area contributed by atoms with Gasteiger partial charge in [-0.25, -0.2) is 0 Å². The van der Waals surface area contributed by atoms with Crippen LogP contribution in [0.4, 0.5) is 18.9 Å². The molecule has 3 rings (SSSR count). The smallest absolute Gasteiger partial charge is 0.405 e. The van der Waals surface area contributed by atoms with E-state index in [-0.39, 0.29) is 12.3 Å². The average molecular weight is 430 g/mol. The van der Waals surface area contributed by atoms with E-state index in [1.807, 2.05) is 42.6 Å². The van der Waals surface area contributed by atoms with Crippen molar-refractivity contribution in [2.24, 2.45) is 0 Å². The Balaban J connectivity index is 1.73. The number of rotatable bonds is 7. The average Bonchev–Trinajstić information content (AvgIpc) is 2.73. The van der Waals surface area contributed by atoms with Crippen LogP contribution in [0, 0.1) is 0 Å². The summed E-state index contributed by atoms with van der Waals surface area (Å²) in [5.74, 6) is -0.612. The fourth-order valence-corrected chi connectivity index (χ4v) is 3.11. The van der Waals surface area contributed by atoms with Gasteiger partial charge < -0.3 is 15.4 Å². The van der Waals surface area contributed by atoms with Crippen molar-refractivity contribution in [2.75, 3.05) is 18.5 Å². The number of fused-ring (bicyclic) bond motifs is 1. The van der Waals surface area contributed by atoms with E-state index in [0.717, 1.165) is 10.8 Å². The van der Waals surface area contributed by atoms with E-state index in [0.29, 0.717) is 29.2 Å². The van der Waals surface area contributed by atoms with Crippen LogP contribution in [-0.4, -0.2) is 31.1 Å². The Labute approximate surface area is 177 Å². The van der Waals surface area contributed by atoms with Crippen molar-refractivity contribution in [3.05, 3.63) is 71.8 Å². The molecule has 0 atom stereocenters. The van der Waals surface area contributed by atoms with Crippen LogP contribution in [0.5, 0.6) is 5.75 Å². The predicted octanol–water partition coefficient (Wildman–Crippen LogP) is 4.71. The molecule has 3 aromatic carbocycles. The monoisotopic (exact) mass is 430 g/mol. The molecule has 31 heavy (non-hydrogen) atoms. The van der Waals surface area contributed by atoms with Crippen LogP contribution in [0.15, 0.2) is 60.7 Å². The minimum atomic E-state index is -4.45. The van der Waals surface area contributed by atoms with Crippen LogP contribution in [0.2, 0.25) is 0 Å². The zero-order chi connectivity index (χ0) is 22.4. The standard InChI is InChI=1S/C23H21F3N2O3/c1-2-31-19-12-9-16-5-3-4-6-18(16)21(19)22(30)28-17-10-7-15(8-11-17)13-20(29)27-14-23(24,25)26/h3-12H,2,13-14H2,1H3,(H,27,29)(H,28,30). The Morgan fingerprint density at radius 2 is 1.68 bits per heavy atom. The van der Waals surface area contributed by atoms with Crippen molar-refractivity contribution in [2.45, 2.75) is 19.5 Å². The predicted molar refractivity (Wildman–Crippen MR) is 112 cm³/mol. The van der Waals surface area contributed by atoms with Crippen LogP contribution in [0.25, 0.3) is 10.8 Å². The molecule has 2 amide bonds. The molecule has 8 heteroatoms. The Kier molecular flexibility index (Phi) is 6.79. The minimum Gasteiger partial charge on any atom is -0.493 e. The molecular formula is C23H21F3N2O3. The summed E-state index contributed by atoms with van der Waals surface area (Å²) < 4.78 is 42.2. The third kappa shape index (κ3) is 5.97. The summed E-state index contributed by atoms with van der Waals surface area (Å²) in [5, 5.41) is 6.29. The van der Waals surface area contributed by atoms with E-state index in [2.05, 4.69) is 5.32 Å². The van der Waals surface area contributed by atoms with Gasteiger partial charge in [0.15, 0.2) is 0 Å². The number of amides is 2. The van der Waals surface area contributed by atoms with Gasteiger partial charge in [0.1, 0.15) is 12.3 Å². The molecule has 0 heterocycles. The van der Waals surface area contributed by atoms with Crippen LogP contribution in [0.1, 0.15) is 22.8 Å². The Morgan fingerprint density at radius 3 is 2.35 bits per heavy atom. The number of ether oxygens (including phenoxy) is 1. The normalized spacial score (nSPS) is 11.2. The van der Waals surface area contributed by atoms with Crippen molar-refractivity contribution in [3.63, 3.8) is 0 Å². The first-order valence-electron chi connectivity index (χ1n) is 9.65. The first-order valence-corrected chi connectivity index (χ1v) is 9.65. The lowest BCUT2D eigenvalue weighted by atomic mass is 10.0. The van der Waals surface area contributed by atoms with Crippen molar-refractivity contribution < 1.29 is 27.5 Å². The molecule has 0 aliphatic heterocycles. The number of anilines is 1. The molecule has 0 aromatic heterocycles. The maximum absolute atomic E-state index is 13.0. The summed E-state index contributed by atoms with van der Waals surface area (Å²) in [5.41, 5.74) is 1.42. The van der Waals surface area contributed by atoms with E-state index in [1.165, 1.54) is 0 Å². The maximum Gasteiger partial charge on any atom is 0.405 e. The molecule has 0 saturated heterocycles. The molecule has 0 bridgehead atoms. The minimum absolute atomic E-state index is 0.192. The Bertz CT molecular complexity index is 1080. The Hall–Kier alpha value is -3.55. The molecule has 0 spiro atoms. The molecule has 0 radical (unpaired) electrons. The summed E-state index contributed by atoms with van der Waals surface area (Å²) in [7, 11) is 0. The van der Waals surface area contributed by atoms with Gasteiger partial charge in [0.25, 0.3) is 5.91 Å². The third-order valence-corrected chi connectivity index (χ3v) is 4.48. The molecule has 2 N–H and O–H groups in total. The van der Waals surface area contributed by atoms with Gasteiger partial charge in [0.05, 0.1) is 18.6 Å². The topological polar surface area (TPSA) is 67.4 Å². The number of nitrogens with one attached hydrogen (secondary N) is 2. The summed E-state index contributed by atoms with van der Waals surface area (Å²) in [6.45, 7) is 0.872. The quantitative estimate of drug-likeness (QED) is 0.570. The first-order chi connectivity index (χ1) is 14.8. The van der Waals surface area contributed by atoms with Gasteiger partial charge in [-0.1, -0.05) is 42.5 Å². The molecule has 0 aliphatic carbocycles. The molecule has 0 fully saturated rings. The third-order valence-electron chi connectivity index (χ3n) is 4.48. The summed E-state index contributed by atoms with van der Waals surface area (Å²) >= 11 is 0. The second-order valence-corrected chi connectivity index (χ2v) is 6.81. The zero-order valence-corrected chi connectivity index (χ0v) is 16.8. The van der Waals surface area contributed by atoms with E-state index in [1.54, 1.807) is 30.3 Å². The largest absolute Gasteiger partial charge is 0.493 e. The molecular weight excluding hydrogens is 409 g/mol. The van der Waals surface area contributed by atoms with Crippen molar-refractivity contribution in [1.29, 1.82) is 0 Å². The number of carbonyl (C=O) groups is 2. The fourth-order valence-electron chi connectivity index (χ4n) is 3.11. The van der Waals surface area contributed by atoms with Gasteiger partial charge in [0.2, 0.25) is 5.91 Å². The van der Waals surface area contributed by atoms with Crippen molar-refractivity contribution >= 4 is 28.3 Å². The second kappa shape index (κ2) is 9.51. The van der Waals surface area contributed by atoms with E-state index >= 15 is 0 Å². The van der Waals surface area contributed by atoms with Gasteiger partial charge in [-0.15, -0.1) is 0 Å². The van der Waals surface area contributed by atoms with Gasteiger partial charge in [-0.3, -0.25) is 9.59 Å². The highest BCUT2D eigenvalue weighted by Gasteiger charge is 2.27. The van der Waals surface area contributed by atoms with E-state index in [9.17, 15) is 22.8 Å². The van der Waals surface area contributed by atoms with Crippen LogP contribution in [-0.2, 0) is 11.2 Å². The van der Waals surface area contributed by atoms with Gasteiger partial charge in [-0.05, 0) is 41.5 Å². The second-order valence-electron chi connectivity index (χ2n) is 6.81. The molecule has 0 aliphatic rings. The van der Waals surface area contributed by atoms with Crippen molar-refractivity contribution in [3.8, 4) is 5.75 Å². The molecule has 0 saturated carbocycles. The van der Waals surface area contributed by atoms with Crippen LogP contribution < -0.4 is 15.4 Å². The lowest BCUT2D eigenvalue weighted by Gasteiger charge is -2.14. The highest BCUT2D eigenvalue weighted by atomic mass is 19.4. The zero-order valence-electron chi connectivity index (χ0n) is 16.8. The number of carbonyl (C=O) groups excluding carboxylic acids is 2. The summed E-state index contributed by atoms with van der Waals surface area (Å²) in [4.78, 5) is 24.6. The maximum atomic E-state index is 13.0. The van der Waals surface area contributed by atoms with Crippen molar-refractivity contribution in [1.82, 2.24) is 5.32 Å². The number of hydrogen-bond acceptors (Lipinski definition) is 3. The lowest BCUT2D eigenvalue weighted by molar-refractivity contribution is -0.138. The highest BCUT2D eigenvalue weighted by Crippen LogP contribution is 2.29. The molecule has 3 aromatic rings. The molecule has 0 unspecified atom stereocenters. The first kappa shape index (κ1) is 22.1. The van der Waals surface area contributed by atoms with Crippen LogP contribution in [0.3, 0.4) is 0 Å². The number of benzene rings is 3. The summed E-state index contributed by atoms with van der Waals surface area (Å²) in [6, 6.07) is 17.5. The number of alkyl halides is 3. The number of hydrogen-bond donors (Lipinski definition) is 2. The number of halogens is 3. The van der Waals surface area contributed by atoms with E-state index < -0.39 is 18.6 Å². The van der Waals surface area contributed by atoms with Gasteiger partial charge in [-0.2, -0.15) is 13.2 Å². The van der Waals surface area contributed by atoms with E-state index in [4.69, 9.17) is 4.74 Å².